The number of carbonyl (C=O) groups is 1. The van der Waals surface area contributed by atoms with E-state index in [1.165, 1.54) is 32.4 Å². The quantitative estimate of drug-likeness (QED) is 0.601. The normalized spacial score (nSPS) is 10.6. The molecule has 0 fully saturated rings. The van der Waals surface area contributed by atoms with Crippen molar-refractivity contribution in [3.8, 4) is 17.0 Å². The molecule has 2 aromatic rings. The molecule has 2 rings (SSSR count). The number of esters is 1. The largest absolute Gasteiger partial charge is 0.487 e. The van der Waals surface area contributed by atoms with Gasteiger partial charge in [-0.2, -0.15) is 0 Å². The summed E-state index contributed by atoms with van der Waals surface area (Å²) >= 11 is 11.9. The number of benzene rings is 1. The molecule has 0 aliphatic heterocycles. The summed E-state index contributed by atoms with van der Waals surface area (Å²) in [5, 5.41) is 0.0222. The number of rotatable bonds is 6. The number of hydrogen-bond donors (Lipinski definition) is 1. The molecule has 0 spiro atoms. The van der Waals surface area contributed by atoms with Gasteiger partial charge >= 0.3 is 5.97 Å². The van der Waals surface area contributed by atoms with Crippen LogP contribution in [-0.4, -0.2) is 38.4 Å². The summed E-state index contributed by atoms with van der Waals surface area (Å²) in [7, 11) is 2.67. The number of nitrogens with two attached hydrogens (primary N) is 1. The zero-order valence-electron chi connectivity index (χ0n) is 13.4. The molecule has 25 heavy (non-hydrogen) atoms. The molecule has 2 N–H and O–H groups in total. The van der Waals surface area contributed by atoms with Crippen LogP contribution in [-0.2, 0) is 9.47 Å². The van der Waals surface area contributed by atoms with Gasteiger partial charge < -0.3 is 19.9 Å². The number of methoxy groups -OCH3 is 2. The molecule has 0 aliphatic carbocycles. The number of anilines is 1. The monoisotopic (exact) mass is 388 g/mol. The number of hydrogen-bond acceptors (Lipinski definition) is 6. The fourth-order valence-electron chi connectivity index (χ4n) is 2.01. The Morgan fingerprint density at radius 3 is 2.64 bits per heavy atom. The van der Waals surface area contributed by atoms with Crippen LogP contribution in [0.2, 0.25) is 10.0 Å². The van der Waals surface area contributed by atoms with Crippen LogP contribution in [0.5, 0.6) is 5.75 Å². The van der Waals surface area contributed by atoms with Crippen LogP contribution in [0.4, 0.5) is 10.1 Å². The van der Waals surface area contributed by atoms with Crippen molar-refractivity contribution in [3.63, 3.8) is 0 Å². The number of halogens is 3. The van der Waals surface area contributed by atoms with E-state index in [-0.39, 0.29) is 51.6 Å². The van der Waals surface area contributed by atoms with E-state index in [0.717, 1.165) is 0 Å². The van der Waals surface area contributed by atoms with Gasteiger partial charge in [-0.3, -0.25) is 0 Å². The summed E-state index contributed by atoms with van der Waals surface area (Å²) in [6.07, 6.45) is 0. The third-order valence-electron chi connectivity index (χ3n) is 3.22. The van der Waals surface area contributed by atoms with Crippen LogP contribution >= 0.6 is 23.2 Å². The van der Waals surface area contributed by atoms with Crippen LogP contribution in [0, 0.1) is 5.82 Å². The maximum atomic E-state index is 14.8. The summed E-state index contributed by atoms with van der Waals surface area (Å²) in [6.45, 7) is 0.374. The van der Waals surface area contributed by atoms with Gasteiger partial charge in [-0.15, -0.1) is 0 Å². The highest BCUT2D eigenvalue weighted by molar-refractivity contribution is 6.35. The molecule has 0 saturated carbocycles. The van der Waals surface area contributed by atoms with Crippen molar-refractivity contribution in [3.05, 3.63) is 39.8 Å². The van der Waals surface area contributed by atoms with Crippen LogP contribution < -0.4 is 10.5 Å². The Morgan fingerprint density at radius 1 is 1.28 bits per heavy atom. The minimum Gasteiger partial charge on any atom is -0.487 e. The third kappa shape index (κ3) is 4.12. The van der Waals surface area contributed by atoms with Gasteiger partial charge in [0.1, 0.15) is 6.61 Å². The Labute approximate surface area is 153 Å². The van der Waals surface area contributed by atoms with Crippen molar-refractivity contribution < 1.29 is 23.4 Å². The lowest BCUT2D eigenvalue weighted by Gasteiger charge is -2.13. The average Bonchev–Trinajstić information content (AvgIpc) is 2.59. The summed E-state index contributed by atoms with van der Waals surface area (Å²) in [4.78, 5) is 15.8. The predicted octanol–water partition coefficient (Wildman–Crippen LogP) is 3.59. The second-order valence-corrected chi connectivity index (χ2v) is 5.62. The molecule has 0 radical (unpaired) electrons. The molecular weight excluding hydrogens is 374 g/mol. The Kier molecular flexibility index (Phi) is 6.41. The van der Waals surface area contributed by atoms with Crippen molar-refractivity contribution in [2.24, 2.45) is 0 Å². The van der Waals surface area contributed by atoms with Crippen molar-refractivity contribution in [2.75, 3.05) is 33.2 Å². The Morgan fingerprint density at radius 2 is 2.00 bits per heavy atom. The van der Waals surface area contributed by atoms with Crippen LogP contribution in [0.1, 0.15) is 10.5 Å². The van der Waals surface area contributed by atoms with Gasteiger partial charge in [0.15, 0.2) is 17.3 Å². The summed E-state index contributed by atoms with van der Waals surface area (Å²) in [6, 6.07) is 4.20. The number of ether oxygens (including phenoxy) is 3. The minimum atomic E-state index is -0.788. The first-order valence-electron chi connectivity index (χ1n) is 7.05. The fraction of sp³-hybridized carbons (Fsp3) is 0.250. The van der Waals surface area contributed by atoms with E-state index in [0.29, 0.717) is 0 Å². The van der Waals surface area contributed by atoms with Gasteiger partial charge in [-0.1, -0.05) is 23.2 Å². The lowest BCUT2D eigenvalue weighted by Crippen LogP contribution is -2.09. The van der Waals surface area contributed by atoms with Gasteiger partial charge in [0.2, 0.25) is 0 Å². The third-order valence-corrected chi connectivity index (χ3v) is 3.92. The number of pyridine rings is 1. The molecule has 1 heterocycles. The Balaban J connectivity index is 2.53. The predicted molar refractivity (Wildman–Crippen MR) is 92.8 cm³/mol. The molecule has 0 atom stereocenters. The topological polar surface area (TPSA) is 83.7 Å². The van der Waals surface area contributed by atoms with Crippen molar-refractivity contribution in [1.82, 2.24) is 4.98 Å². The van der Waals surface area contributed by atoms with Gasteiger partial charge in [-0.05, 0) is 18.2 Å². The number of nitrogen functional groups attached to an aromatic ring is 1. The van der Waals surface area contributed by atoms with E-state index in [9.17, 15) is 9.18 Å². The SMILES string of the molecule is COCCOc1c(Cl)ccc(-c2cc(N)c(Cl)c(C(=O)OC)n2)c1F. The molecule has 0 bridgehead atoms. The molecule has 0 saturated heterocycles. The lowest BCUT2D eigenvalue weighted by atomic mass is 10.1. The van der Waals surface area contributed by atoms with Crippen molar-refractivity contribution in [1.29, 1.82) is 0 Å². The first kappa shape index (κ1) is 19.2. The summed E-state index contributed by atoms with van der Waals surface area (Å²) < 4.78 is 29.6. The molecule has 6 nitrogen and oxygen atoms in total. The van der Waals surface area contributed by atoms with Crippen LogP contribution in [0.15, 0.2) is 18.2 Å². The van der Waals surface area contributed by atoms with E-state index < -0.39 is 11.8 Å². The Bertz CT molecular complexity index is 802. The van der Waals surface area contributed by atoms with Crippen LogP contribution in [0.3, 0.4) is 0 Å². The van der Waals surface area contributed by atoms with E-state index in [4.69, 9.17) is 38.4 Å². The van der Waals surface area contributed by atoms with E-state index in [2.05, 4.69) is 9.72 Å². The molecular formula is C16H15Cl2FN2O4. The molecule has 134 valence electrons. The lowest BCUT2D eigenvalue weighted by molar-refractivity contribution is 0.0594. The van der Waals surface area contributed by atoms with Gasteiger partial charge in [0, 0.05) is 12.7 Å². The zero-order chi connectivity index (χ0) is 18.6. The highest BCUT2D eigenvalue weighted by Crippen LogP contribution is 2.36. The first-order chi connectivity index (χ1) is 11.9. The second kappa shape index (κ2) is 8.33. The molecule has 0 unspecified atom stereocenters. The minimum absolute atomic E-state index is 0.0466. The Hall–Kier alpha value is -2.09. The van der Waals surface area contributed by atoms with E-state index in [1.54, 1.807) is 0 Å². The molecule has 9 heteroatoms. The highest BCUT2D eigenvalue weighted by atomic mass is 35.5. The maximum absolute atomic E-state index is 14.8. The van der Waals surface area contributed by atoms with Crippen molar-refractivity contribution in [2.45, 2.75) is 0 Å². The van der Waals surface area contributed by atoms with Gasteiger partial charge in [0.05, 0.1) is 35.1 Å². The highest BCUT2D eigenvalue weighted by Gasteiger charge is 2.21. The van der Waals surface area contributed by atoms with Crippen molar-refractivity contribution >= 4 is 34.9 Å². The molecule has 1 aromatic heterocycles. The molecule has 0 amide bonds. The number of nitrogens with zero attached hydrogens (tertiary/aromatic N) is 1. The average molecular weight is 389 g/mol. The van der Waals surface area contributed by atoms with E-state index in [1.807, 2.05) is 0 Å². The first-order valence-corrected chi connectivity index (χ1v) is 7.80. The summed E-state index contributed by atoms with van der Waals surface area (Å²) in [5.41, 5.74) is 5.77. The van der Waals surface area contributed by atoms with Crippen LogP contribution in [0.25, 0.3) is 11.3 Å². The van der Waals surface area contributed by atoms with Gasteiger partial charge in [0.25, 0.3) is 0 Å². The van der Waals surface area contributed by atoms with Gasteiger partial charge in [-0.25, -0.2) is 14.2 Å². The number of aromatic nitrogens is 1. The molecule has 1 aromatic carbocycles. The fourth-order valence-corrected chi connectivity index (χ4v) is 2.38. The smallest absolute Gasteiger partial charge is 0.358 e. The zero-order valence-corrected chi connectivity index (χ0v) is 14.9. The van der Waals surface area contributed by atoms with E-state index >= 15 is 0 Å². The second-order valence-electron chi connectivity index (χ2n) is 4.83. The summed E-state index contributed by atoms with van der Waals surface area (Å²) in [5.74, 6) is -1.68. The number of carbonyl (C=O) groups excluding carboxylic acids is 1. The standard InChI is InChI=1S/C16H15Cl2FN2O4/c1-23-5-6-25-15-9(17)4-3-8(13(15)19)11-7-10(20)12(18)14(21-11)16(22)24-2/h3-4,7H,5-6H2,1-2H3,(H2,20,21). The molecule has 0 aliphatic rings. The maximum Gasteiger partial charge on any atom is 0.358 e.